The molecule has 5 heteroatoms. The second-order valence-corrected chi connectivity index (χ2v) is 5.43. The number of alkyl halides is 2. The molecule has 0 saturated carbocycles. The van der Waals surface area contributed by atoms with Crippen molar-refractivity contribution in [3.63, 3.8) is 0 Å². The Morgan fingerprint density at radius 2 is 2.00 bits per heavy atom. The molecule has 1 aliphatic rings. The molecule has 16 heavy (non-hydrogen) atoms. The van der Waals surface area contributed by atoms with Gasteiger partial charge >= 0.3 is 5.44 Å². The highest BCUT2D eigenvalue weighted by Crippen LogP contribution is 2.52. The lowest BCUT2D eigenvalue weighted by Gasteiger charge is -2.04. The molecule has 0 N–H and O–H groups in total. The van der Waals surface area contributed by atoms with Gasteiger partial charge < -0.3 is 4.74 Å². The maximum Gasteiger partial charge on any atom is 0.457 e. The zero-order valence-electron chi connectivity index (χ0n) is 7.84. The second kappa shape index (κ2) is 3.34. The van der Waals surface area contributed by atoms with Crippen LogP contribution in [0.4, 0.5) is 8.78 Å². The summed E-state index contributed by atoms with van der Waals surface area (Å²) in [6.45, 7) is 0. The van der Waals surface area contributed by atoms with Gasteiger partial charge in [-0.1, -0.05) is 28.1 Å². The van der Waals surface area contributed by atoms with Gasteiger partial charge in [-0.3, -0.25) is 0 Å². The van der Waals surface area contributed by atoms with Crippen molar-refractivity contribution in [2.24, 2.45) is 0 Å². The quantitative estimate of drug-likeness (QED) is 0.701. The third kappa shape index (κ3) is 1.58. The molecule has 0 fully saturated rings. The molecule has 0 saturated heterocycles. The molecule has 0 unspecified atom stereocenters. The smallest absolute Gasteiger partial charge is 0.423 e. The van der Waals surface area contributed by atoms with Gasteiger partial charge in [0.05, 0.1) is 4.90 Å². The lowest BCUT2D eigenvalue weighted by Crippen LogP contribution is -2.13. The molecular formula is C11H5BrF2OS. The number of rotatable bonds is 0. The fourth-order valence-corrected chi connectivity index (χ4v) is 2.96. The van der Waals surface area contributed by atoms with E-state index in [4.69, 9.17) is 0 Å². The van der Waals surface area contributed by atoms with E-state index in [0.29, 0.717) is 16.7 Å². The first kappa shape index (κ1) is 10.4. The Morgan fingerprint density at radius 1 is 1.19 bits per heavy atom. The lowest BCUT2D eigenvalue weighted by atomic mass is 10.1. The summed E-state index contributed by atoms with van der Waals surface area (Å²) < 4.78 is 31.6. The van der Waals surface area contributed by atoms with Crippen molar-refractivity contribution in [1.82, 2.24) is 0 Å². The van der Waals surface area contributed by atoms with Crippen LogP contribution >= 0.6 is 27.7 Å². The maximum atomic E-state index is 13.1. The number of hydrogen-bond acceptors (Lipinski definition) is 2. The number of benzene rings is 2. The summed E-state index contributed by atoms with van der Waals surface area (Å²) in [4.78, 5) is 0.509. The van der Waals surface area contributed by atoms with Crippen LogP contribution in [0, 0.1) is 0 Å². The summed E-state index contributed by atoms with van der Waals surface area (Å²) in [5, 5.41) is 1.71. The van der Waals surface area contributed by atoms with E-state index >= 15 is 0 Å². The van der Waals surface area contributed by atoms with Crippen molar-refractivity contribution in [2.45, 2.75) is 10.3 Å². The normalized spacial score (nSPS) is 17.2. The predicted molar refractivity (Wildman–Crippen MR) is 63.1 cm³/mol. The van der Waals surface area contributed by atoms with E-state index in [0.717, 1.165) is 15.2 Å². The standard InChI is InChI=1S/C11H5BrF2OS/c12-7-2-3-8-6(5-7)1-4-9-10(8)16-11(13,14)15-9/h1-5H. The molecule has 0 bridgehead atoms. The van der Waals surface area contributed by atoms with Crippen LogP contribution in [0.1, 0.15) is 0 Å². The molecule has 2 aromatic rings. The highest BCUT2D eigenvalue weighted by atomic mass is 79.9. The summed E-state index contributed by atoms with van der Waals surface area (Å²) >= 11 is 3.81. The summed E-state index contributed by atoms with van der Waals surface area (Å²) in [7, 11) is 0. The van der Waals surface area contributed by atoms with Crippen LogP contribution < -0.4 is 4.74 Å². The highest BCUT2D eigenvalue weighted by Gasteiger charge is 2.42. The number of hydrogen-bond donors (Lipinski definition) is 0. The van der Waals surface area contributed by atoms with Crippen molar-refractivity contribution < 1.29 is 13.5 Å². The monoisotopic (exact) mass is 302 g/mol. The number of thioether (sulfide) groups is 1. The zero-order chi connectivity index (χ0) is 11.3. The van der Waals surface area contributed by atoms with E-state index in [9.17, 15) is 8.78 Å². The van der Waals surface area contributed by atoms with Gasteiger partial charge in [-0.25, -0.2) is 0 Å². The summed E-state index contributed by atoms with van der Waals surface area (Å²) in [5.41, 5.74) is -3.15. The maximum absolute atomic E-state index is 13.1. The summed E-state index contributed by atoms with van der Waals surface area (Å²) in [6.07, 6.45) is 0. The third-order valence-electron chi connectivity index (χ3n) is 2.35. The van der Waals surface area contributed by atoms with Gasteiger partial charge in [0, 0.05) is 4.47 Å². The molecule has 0 atom stereocenters. The minimum Gasteiger partial charge on any atom is -0.423 e. The number of ether oxygens (including phenoxy) is 1. The molecule has 0 spiro atoms. The first-order chi connectivity index (χ1) is 7.55. The average molecular weight is 303 g/mol. The molecule has 1 nitrogen and oxygen atoms in total. The topological polar surface area (TPSA) is 9.23 Å². The molecule has 0 aromatic heterocycles. The number of halogens is 3. The molecule has 0 amide bonds. The Kier molecular flexibility index (Phi) is 2.16. The third-order valence-corrected chi connectivity index (χ3v) is 3.79. The van der Waals surface area contributed by atoms with Crippen molar-refractivity contribution in [3.05, 3.63) is 34.8 Å². The molecule has 1 aliphatic heterocycles. The second-order valence-electron chi connectivity index (χ2n) is 3.43. The van der Waals surface area contributed by atoms with Crippen LogP contribution in [0.25, 0.3) is 10.8 Å². The van der Waals surface area contributed by atoms with E-state index in [2.05, 4.69) is 20.7 Å². The van der Waals surface area contributed by atoms with Crippen LogP contribution in [-0.2, 0) is 0 Å². The van der Waals surface area contributed by atoms with E-state index in [-0.39, 0.29) is 5.75 Å². The first-order valence-electron chi connectivity index (χ1n) is 4.53. The molecular weight excluding hydrogens is 298 g/mol. The van der Waals surface area contributed by atoms with Gasteiger partial charge in [0.15, 0.2) is 0 Å². The largest absolute Gasteiger partial charge is 0.457 e. The summed E-state index contributed by atoms with van der Waals surface area (Å²) in [6, 6.07) is 8.90. The zero-order valence-corrected chi connectivity index (χ0v) is 10.2. The Labute approximate surface area is 103 Å². The van der Waals surface area contributed by atoms with Crippen molar-refractivity contribution in [2.75, 3.05) is 0 Å². The highest BCUT2D eigenvalue weighted by molar-refractivity contribution is 9.10. The number of fused-ring (bicyclic) bond motifs is 3. The van der Waals surface area contributed by atoms with Gasteiger partial charge in [-0.2, -0.15) is 8.78 Å². The molecule has 1 heterocycles. The predicted octanol–water partition coefficient (Wildman–Crippen LogP) is 4.64. The fraction of sp³-hybridized carbons (Fsp3) is 0.0909. The Morgan fingerprint density at radius 3 is 2.81 bits per heavy atom. The van der Waals surface area contributed by atoms with Gasteiger partial charge in [0.2, 0.25) is 0 Å². The molecule has 0 radical (unpaired) electrons. The molecule has 0 aliphatic carbocycles. The molecule has 2 aromatic carbocycles. The van der Waals surface area contributed by atoms with Crippen LogP contribution in [0.5, 0.6) is 5.75 Å². The first-order valence-corrected chi connectivity index (χ1v) is 6.14. The SMILES string of the molecule is FC1(F)Oc2ccc3cc(Br)ccc3c2S1. The van der Waals surface area contributed by atoms with E-state index in [1.165, 1.54) is 0 Å². The van der Waals surface area contributed by atoms with Crippen LogP contribution in [0.2, 0.25) is 0 Å². The Balaban J connectivity index is 2.28. The van der Waals surface area contributed by atoms with Gasteiger partial charge in [-0.05, 0) is 40.7 Å². The Hall–Kier alpha value is -0.810. The van der Waals surface area contributed by atoms with Crippen LogP contribution in [0.3, 0.4) is 0 Å². The van der Waals surface area contributed by atoms with Crippen LogP contribution in [0.15, 0.2) is 39.7 Å². The van der Waals surface area contributed by atoms with E-state index in [1.54, 1.807) is 12.1 Å². The van der Waals surface area contributed by atoms with Gasteiger partial charge in [-0.15, -0.1) is 0 Å². The average Bonchev–Trinajstić information content (AvgIpc) is 2.52. The molecule has 3 rings (SSSR count). The fourth-order valence-electron chi connectivity index (χ4n) is 1.71. The van der Waals surface area contributed by atoms with Crippen molar-refractivity contribution >= 4 is 38.5 Å². The van der Waals surface area contributed by atoms with Crippen molar-refractivity contribution in [1.29, 1.82) is 0 Å². The lowest BCUT2D eigenvalue weighted by molar-refractivity contribution is -0.0821. The minimum absolute atomic E-state index is 0.254. The summed E-state index contributed by atoms with van der Waals surface area (Å²) in [5.74, 6) is 0.254. The van der Waals surface area contributed by atoms with E-state index in [1.807, 2.05) is 18.2 Å². The van der Waals surface area contributed by atoms with Gasteiger partial charge in [0.25, 0.3) is 0 Å². The minimum atomic E-state index is -3.15. The van der Waals surface area contributed by atoms with Crippen LogP contribution in [-0.4, -0.2) is 5.44 Å². The Bertz CT molecular complexity index is 585. The van der Waals surface area contributed by atoms with Gasteiger partial charge in [0.1, 0.15) is 5.75 Å². The van der Waals surface area contributed by atoms with E-state index < -0.39 is 5.44 Å². The van der Waals surface area contributed by atoms with Crippen molar-refractivity contribution in [3.8, 4) is 5.75 Å². The molecule has 82 valence electrons.